The Morgan fingerprint density at radius 1 is 0.975 bits per heavy atom. The molecule has 1 aliphatic carbocycles. The van der Waals surface area contributed by atoms with Crippen LogP contribution in [0.5, 0.6) is 0 Å². The van der Waals surface area contributed by atoms with Crippen molar-refractivity contribution in [2.75, 3.05) is 5.32 Å². The van der Waals surface area contributed by atoms with Gasteiger partial charge in [0, 0.05) is 29.1 Å². The maximum absolute atomic E-state index is 15.0. The van der Waals surface area contributed by atoms with Gasteiger partial charge in [0.1, 0.15) is 17.7 Å². The Balaban J connectivity index is 1.60. The lowest BCUT2D eigenvalue weighted by atomic mass is 9.83. The molecule has 1 heterocycles. The Kier molecular flexibility index (Phi) is 8.12. The minimum absolute atomic E-state index is 0.0560. The number of amides is 1. The molecule has 1 saturated carbocycles. The van der Waals surface area contributed by atoms with Crippen molar-refractivity contribution in [3.8, 4) is 11.4 Å². The van der Waals surface area contributed by atoms with Crippen LogP contribution in [0.25, 0.3) is 22.4 Å². The number of nitrogens with one attached hydrogen (secondary N) is 1. The summed E-state index contributed by atoms with van der Waals surface area (Å²) in [5.74, 6) is -4.14. The van der Waals surface area contributed by atoms with Crippen molar-refractivity contribution >= 4 is 40.2 Å². The van der Waals surface area contributed by atoms with Crippen molar-refractivity contribution in [1.82, 2.24) is 9.55 Å². The predicted octanol–water partition coefficient (Wildman–Crippen LogP) is 7.55. The van der Waals surface area contributed by atoms with E-state index >= 15 is 4.39 Å². The highest BCUT2D eigenvalue weighted by atomic mass is 35.5. The van der Waals surface area contributed by atoms with Crippen LogP contribution in [0.2, 0.25) is 5.02 Å². The summed E-state index contributed by atoms with van der Waals surface area (Å²) in [5, 5.41) is 12.1. The smallest absolute Gasteiger partial charge is 0.303 e. The molecule has 0 aliphatic heterocycles. The summed E-state index contributed by atoms with van der Waals surface area (Å²) in [6.45, 7) is 0. The third kappa shape index (κ3) is 5.84. The van der Waals surface area contributed by atoms with Gasteiger partial charge < -0.3 is 15.0 Å². The number of benzene rings is 3. The number of rotatable bonds is 8. The highest BCUT2D eigenvalue weighted by Crippen LogP contribution is 2.39. The molecule has 10 heteroatoms. The average molecular weight is 570 g/mol. The topological polar surface area (TPSA) is 84.2 Å². The Morgan fingerprint density at radius 2 is 1.68 bits per heavy atom. The van der Waals surface area contributed by atoms with Crippen LogP contribution in [0.15, 0.2) is 54.6 Å². The zero-order valence-electron chi connectivity index (χ0n) is 21.5. The third-order valence-electron chi connectivity index (χ3n) is 7.40. The first-order valence-corrected chi connectivity index (χ1v) is 13.5. The lowest BCUT2D eigenvalue weighted by Gasteiger charge is -2.32. The maximum Gasteiger partial charge on any atom is 0.303 e. The van der Waals surface area contributed by atoms with Gasteiger partial charge in [-0.15, -0.1) is 0 Å². The van der Waals surface area contributed by atoms with Crippen LogP contribution in [0.4, 0.5) is 18.9 Å². The number of nitrogens with zero attached hydrogens (tertiary/aromatic N) is 2. The lowest BCUT2D eigenvalue weighted by molar-refractivity contribution is -0.137. The largest absolute Gasteiger partial charge is 0.481 e. The SMILES string of the molecule is O=C(O)CCc1ccc(NC(=O)[C@H](C2CCCCC2)n2c(-c3ccc(Cl)cc3)nc3cc(F)c(F)cc32)c(F)c1. The molecule has 1 aromatic heterocycles. The molecule has 3 aromatic carbocycles. The first-order valence-electron chi connectivity index (χ1n) is 13.2. The van der Waals surface area contributed by atoms with E-state index in [-0.39, 0.29) is 35.5 Å². The summed E-state index contributed by atoms with van der Waals surface area (Å²) in [5.41, 5.74) is 1.47. The van der Waals surface area contributed by atoms with Crippen LogP contribution in [-0.2, 0) is 16.0 Å². The highest BCUT2D eigenvalue weighted by Gasteiger charge is 2.35. The Bertz CT molecular complexity index is 1570. The van der Waals surface area contributed by atoms with Crippen molar-refractivity contribution in [1.29, 1.82) is 0 Å². The zero-order chi connectivity index (χ0) is 28.4. The van der Waals surface area contributed by atoms with Gasteiger partial charge in [0.05, 0.1) is 16.7 Å². The molecule has 0 spiro atoms. The third-order valence-corrected chi connectivity index (χ3v) is 7.65. The molecule has 4 aromatic rings. The van der Waals surface area contributed by atoms with Gasteiger partial charge in [0.25, 0.3) is 0 Å². The van der Waals surface area contributed by atoms with Crippen molar-refractivity contribution in [2.45, 2.75) is 51.0 Å². The van der Waals surface area contributed by atoms with E-state index in [9.17, 15) is 18.4 Å². The van der Waals surface area contributed by atoms with Crippen LogP contribution in [0.3, 0.4) is 0 Å². The quantitative estimate of drug-likeness (QED) is 0.229. The fourth-order valence-electron chi connectivity index (χ4n) is 5.44. The van der Waals surface area contributed by atoms with Gasteiger partial charge in [-0.25, -0.2) is 18.2 Å². The summed E-state index contributed by atoms with van der Waals surface area (Å²) in [6.07, 6.45) is 4.26. The molecule has 40 heavy (non-hydrogen) atoms. The van der Waals surface area contributed by atoms with E-state index in [1.165, 1.54) is 12.1 Å². The minimum atomic E-state index is -1.07. The average Bonchev–Trinajstić information content (AvgIpc) is 3.27. The van der Waals surface area contributed by atoms with Gasteiger partial charge in [-0.05, 0) is 67.1 Å². The number of carbonyl (C=O) groups excluding carboxylic acids is 1. The number of aliphatic carboxylic acids is 1. The number of carboxylic acid groups (broad SMARTS) is 1. The first-order chi connectivity index (χ1) is 19.2. The Morgan fingerprint density at radius 3 is 2.35 bits per heavy atom. The molecule has 0 radical (unpaired) electrons. The van der Waals surface area contributed by atoms with Gasteiger partial charge in [-0.1, -0.05) is 36.9 Å². The van der Waals surface area contributed by atoms with Crippen molar-refractivity contribution in [3.63, 3.8) is 0 Å². The molecule has 0 bridgehead atoms. The second-order valence-corrected chi connectivity index (χ2v) is 10.5. The molecule has 1 fully saturated rings. The number of carbonyl (C=O) groups is 2. The Labute approximate surface area is 233 Å². The number of hydrogen-bond acceptors (Lipinski definition) is 3. The highest BCUT2D eigenvalue weighted by molar-refractivity contribution is 6.30. The zero-order valence-corrected chi connectivity index (χ0v) is 22.2. The molecule has 0 saturated heterocycles. The fraction of sp³-hybridized carbons (Fsp3) is 0.300. The molecule has 6 nitrogen and oxygen atoms in total. The maximum atomic E-state index is 15.0. The number of aromatic nitrogens is 2. The molecule has 0 unspecified atom stereocenters. The molecular weight excluding hydrogens is 543 g/mol. The van der Waals surface area contributed by atoms with E-state index < -0.39 is 35.4 Å². The summed E-state index contributed by atoms with van der Waals surface area (Å²) < 4.78 is 45.4. The van der Waals surface area contributed by atoms with Gasteiger partial charge in [0.2, 0.25) is 5.91 Å². The standard InChI is InChI=1S/C30H27ClF3N3O3/c31-20-10-8-19(9-11-20)29-35-25-15-21(32)22(33)16-26(25)37(29)28(18-4-2-1-3-5-18)30(40)36-24-12-6-17(14-23(24)34)7-13-27(38)39/h6,8-12,14-16,18,28H,1-5,7,13H2,(H,36,40)(H,38,39)/t28-/m0/s1. The van der Waals surface area contributed by atoms with Crippen molar-refractivity contribution in [3.05, 3.63) is 82.6 Å². The van der Waals surface area contributed by atoms with Crippen molar-refractivity contribution < 1.29 is 27.9 Å². The number of anilines is 1. The summed E-state index contributed by atoms with van der Waals surface area (Å²) in [7, 11) is 0. The van der Waals surface area contributed by atoms with Crippen LogP contribution in [0.1, 0.15) is 50.1 Å². The number of fused-ring (bicyclic) bond motifs is 1. The molecule has 1 amide bonds. The van der Waals surface area contributed by atoms with Gasteiger partial charge in [0.15, 0.2) is 11.6 Å². The van der Waals surface area contributed by atoms with E-state index in [0.717, 1.165) is 44.2 Å². The molecule has 208 valence electrons. The summed E-state index contributed by atoms with van der Waals surface area (Å²) in [4.78, 5) is 29.5. The lowest BCUT2D eigenvalue weighted by Crippen LogP contribution is -2.34. The predicted molar refractivity (Wildman–Crippen MR) is 147 cm³/mol. The van der Waals surface area contributed by atoms with E-state index in [4.69, 9.17) is 16.7 Å². The number of imidazole rings is 1. The molecule has 1 atom stereocenters. The van der Waals surface area contributed by atoms with E-state index in [1.54, 1.807) is 34.9 Å². The first kappa shape index (κ1) is 27.7. The van der Waals surface area contributed by atoms with Crippen LogP contribution >= 0.6 is 11.6 Å². The van der Waals surface area contributed by atoms with Crippen LogP contribution in [-0.4, -0.2) is 26.5 Å². The number of aryl methyl sites for hydroxylation is 1. The molecule has 2 N–H and O–H groups in total. The Hall–Kier alpha value is -3.85. The molecule has 1 aliphatic rings. The van der Waals surface area contributed by atoms with Gasteiger partial charge in [-0.2, -0.15) is 0 Å². The van der Waals surface area contributed by atoms with E-state index in [1.807, 2.05) is 0 Å². The van der Waals surface area contributed by atoms with Gasteiger partial charge in [-0.3, -0.25) is 9.59 Å². The van der Waals surface area contributed by atoms with E-state index in [0.29, 0.717) is 22.0 Å². The minimum Gasteiger partial charge on any atom is -0.481 e. The van der Waals surface area contributed by atoms with Crippen LogP contribution in [0, 0.1) is 23.4 Å². The monoisotopic (exact) mass is 569 g/mol. The van der Waals surface area contributed by atoms with Crippen molar-refractivity contribution in [2.24, 2.45) is 5.92 Å². The van der Waals surface area contributed by atoms with E-state index in [2.05, 4.69) is 10.3 Å². The molecule has 5 rings (SSSR count). The van der Waals surface area contributed by atoms with Crippen LogP contribution < -0.4 is 5.32 Å². The molecular formula is C30H27ClF3N3O3. The summed E-state index contributed by atoms with van der Waals surface area (Å²) in [6, 6.07) is 12.1. The number of halogens is 4. The number of hydrogen-bond donors (Lipinski definition) is 2. The van der Waals surface area contributed by atoms with Gasteiger partial charge >= 0.3 is 5.97 Å². The fourth-order valence-corrected chi connectivity index (χ4v) is 5.57. The second kappa shape index (κ2) is 11.7. The second-order valence-electron chi connectivity index (χ2n) is 10.1. The summed E-state index contributed by atoms with van der Waals surface area (Å²) >= 11 is 6.09. The normalized spacial score (nSPS) is 14.8. The number of carboxylic acids is 1.